The molecule has 0 saturated carbocycles. The fraction of sp³-hybridized carbons (Fsp3) is 0.357. The second-order valence-electron chi connectivity index (χ2n) is 3.64. The lowest BCUT2D eigenvalue weighted by Gasteiger charge is -2.11. The predicted octanol–water partition coefficient (Wildman–Crippen LogP) is 3.39. The molecule has 0 saturated heterocycles. The minimum atomic E-state index is 0.990. The van der Waals surface area contributed by atoms with Crippen molar-refractivity contribution in [3.05, 3.63) is 47.2 Å². The van der Waals surface area contributed by atoms with Crippen LogP contribution in [0, 0.1) is 0 Å². The van der Waals surface area contributed by atoms with Gasteiger partial charge in [0.1, 0.15) is 0 Å². The second-order valence-corrected chi connectivity index (χ2v) is 3.64. The van der Waals surface area contributed by atoms with Crippen LogP contribution in [0.4, 0.5) is 0 Å². The van der Waals surface area contributed by atoms with Gasteiger partial charge in [0, 0.05) is 12.8 Å². The lowest BCUT2D eigenvalue weighted by Crippen LogP contribution is -2.00. The monoisotopic (exact) mass is 218 g/mol. The maximum atomic E-state index is 5.40. The molecule has 0 atom stereocenters. The van der Waals surface area contributed by atoms with E-state index in [2.05, 4.69) is 25.4 Å². The average Bonchev–Trinajstić information content (AvgIpc) is 2.32. The fourth-order valence-corrected chi connectivity index (χ4v) is 1.36. The van der Waals surface area contributed by atoms with Gasteiger partial charge in [-0.15, -0.1) is 0 Å². The molecule has 2 heteroatoms. The topological polar surface area (TPSA) is 38.4 Å². The highest BCUT2D eigenvalue weighted by molar-refractivity contribution is 5.99. The molecule has 0 aromatic heterocycles. The molecule has 2 nitrogen and oxygen atoms in total. The van der Waals surface area contributed by atoms with Crippen molar-refractivity contribution in [2.24, 2.45) is 10.7 Å². The van der Waals surface area contributed by atoms with Crippen molar-refractivity contribution in [2.75, 3.05) is 7.05 Å². The zero-order valence-electron chi connectivity index (χ0n) is 11.0. The molecular weight excluding hydrogens is 196 g/mol. The van der Waals surface area contributed by atoms with Crippen molar-refractivity contribution >= 4 is 5.71 Å². The molecule has 0 unspecified atom stereocenters. The first-order chi connectivity index (χ1) is 7.49. The first-order valence-electron chi connectivity index (χ1n) is 5.35. The van der Waals surface area contributed by atoms with Crippen LogP contribution in [0.1, 0.15) is 27.7 Å². The summed E-state index contributed by atoms with van der Waals surface area (Å²) in [7, 11) is 1.80. The van der Waals surface area contributed by atoms with E-state index < -0.39 is 0 Å². The van der Waals surface area contributed by atoms with E-state index in [9.17, 15) is 0 Å². The Balaban J connectivity index is 5.29. The predicted molar refractivity (Wildman–Crippen MR) is 73.6 cm³/mol. The van der Waals surface area contributed by atoms with Crippen molar-refractivity contribution in [1.29, 1.82) is 0 Å². The van der Waals surface area contributed by atoms with Crippen molar-refractivity contribution < 1.29 is 0 Å². The normalized spacial score (nSPS) is 15.3. The fourth-order valence-electron chi connectivity index (χ4n) is 1.36. The van der Waals surface area contributed by atoms with Crippen molar-refractivity contribution in [2.45, 2.75) is 27.7 Å². The molecule has 0 aromatic rings. The molecule has 0 aliphatic carbocycles. The highest BCUT2D eigenvalue weighted by Crippen LogP contribution is 2.21. The van der Waals surface area contributed by atoms with Crippen LogP contribution in [0.25, 0.3) is 0 Å². The second kappa shape index (κ2) is 6.83. The van der Waals surface area contributed by atoms with Crippen molar-refractivity contribution in [3.63, 3.8) is 0 Å². The highest BCUT2D eigenvalue weighted by atomic mass is 14.7. The maximum Gasteiger partial charge on any atom is 0.0345 e. The van der Waals surface area contributed by atoms with E-state index >= 15 is 0 Å². The minimum Gasteiger partial charge on any atom is -0.405 e. The zero-order chi connectivity index (χ0) is 12.7. The van der Waals surface area contributed by atoms with Crippen LogP contribution >= 0.6 is 0 Å². The Hall–Kier alpha value is -1.57. The third kappa shape index (κ3) is 3.54. The van der Waals surface area contributed by atoms with E-state index in [1.54, 1.807) is 7.05 Å². The van der Waals surface area contributed by atoms with Gasteiger partial charge in [-0.05, 0) is 62.3 Å². The Bertz CT molecular complexity index is 380. The summed E-state index contributed by atoms with van der Waals surface area (Å²) in [6, 6.07) is 0. The zero-order valence-corrected chi connectivity index (χ0v) is 11.0. The third-order valence-electron chi connectivity index (χ3n) is 2.83. The van der Waals surface area contributed by atoms with Crippen LogP contribution in [0.3, 0.4) is 0 Å². The van der Waals surface area contributed by atoms with Gasteiger partial charge in [0.15, 0.2) is 0 Å². The van der Waals surface area contributed by atoms with Crippen LogP contribution in [0.5, 0.6) is 0 Å². The number of allylic oxidation sites excluding steroid dienone is 6. The molecule has 0 bridgehead atoms. The number of hydrogen-bond donors (Lipinski definition) is 1. The minimum absolute atomic E-state index is 0.990. The number of hydrogen-bond acceptors (Lipinski definition) is 2. The van der Waals surface area contributed by atoms with Gasteiger partial charge in [-0.3, -0.25) is 4.99 Å². The Morgan fingerprint density at radius 3 is 2.12 bits per heavy atom. The summed E-state index contributed by atoms with van der Waals surface area (Å²) in [4.78, 5) is 4.18. The third-order valence-corrected chi connectivity index (χ3v) is 2.83. The standard InChI is InChI=1S/C14H22N2/c1-7-14(8-9-15)12(4)10(2)11(3)13(5)16-6/h7-9H,4,15H2,1-3,5-6H3/b9-8-,11-10-,14-7+,16-13?. The Labute approximate surface area is 99.0 Å². The largest absolute Gasteiger partial charge is 0.405 e. The van der Waals surface area contributed by atoms with Gasteiger partial charge in [0.25, 0.3) is 0 Å². The molecule has 88 valence electrons. The van der Waals surface area contributed by atoms with Crippen LogP contribution in [-0.4, -0.2) is 12.8 Å². The number of aliphatic imine (C=N–C) groups is 1. The van der Waals surface area contributed by atoms with E-state index in [0.29, 0.717) is 0 Å². The van der Waals surface area contributed by atoms with Gasteiger partial charge in [-0.2, -0.15) is 0 Å². The molecule has 0 rings (SSSR count). The molecule has 0 fully saturated rings. The smallest absolute Gasteiger partial charge is 0.0345 e. The average molecular weight is 218 g/mol. The molecule has 0 aromatic carbocycles. The molecule has 0 radical (unpaired) electrons. The van der Waals surface area contributed by atoms with E-state index in [1.165, 1.54) is 6.20 Å². The lowest BCUT2D eigenvalue weighted by atomic mass is 9.95. The quantitative estimate of drug-likeness (QED) is 0.570. The molecule has 0 aliphatic heterocycles. The summed E-state index contributed by atoms with van der Waals surface area (Å²) in [5, 5.41) is 0. The molecule has 16 heavy (non-hydrogen) atoms. The summed E-state index contributed by atoms with van der Waals surface area (Å²) >= 11 is 0. The summed E-state index contributed by atoms with van der Waals surface area (Å²) in [6.45, 7) is 12.2. The maximum absolute atomic E-state index is 5.40. The summed E-state index contributed by atoms with van der Waals surface area (Å²) in [5.74, 6) is 0. The molecular formula is C14H22N2. The Morgan fingerprint density at radius 1 is 1.19 bits per heavy atom. The molecule has 0 heterocycles. The van der Waals surface area contributed by atoms with Crippen LogP contribution in [0.2, 0.25) is 0 Å². The van der Waals surface area contributed by atoms with Crippen molar-refractivity contribution in [3.8, 4) is 0 Å². The number of rotatable bonds is 4. The summed E-state index contributed by atoms with van der Waals surface area (Å²) in [6.07, 6.45) is 5.39. The summed E-state index contributed by atoms with van der Waals surface area (Å²) < 4.78 is 0. The summed E-state index contributed by atoms with van der Waals surface area (Å²) in [5.41, 5.74) is 10.8. The van der Waals surface area contributed by atoms with E-state index in [0.717, 1.165) is 28.0 Å². The first kappa shape index (κ1) is 14.4. The van der Waals surface area contributed by atoms with Gasteiger partial charge in [-0.25, -0.2) is 0 Å². The highest BCUT2D eigenvalue weighted by Gasteiger charge is 2.06. The molecule has 0 amide bonds. The van der Waals surface area contributed by atoms with Gasteiger partial charge in [0.2, 0.25) is 0 Å². The van der Waals surface area contributed by atoms with Gasteiger partial charge in [0.05, 0.1) is 0 Å². The molecule has 0 spiro atoms. The SMILES string of the molecule is C=C(/C(C)=C(/C)C(C)=NC)C(/C=C\N)=C/C. The van der Waals surface area contributed by atoms with Crippen LogP contribution in [-0.2, 0) is 0 Å². The van der Waals surface area contributed by atoms with Gasteiger partial charge in [-0.1, -0.05) is 12.7 Å². The first-order valence-corrected chi connectivity index (χ1v) is 5.35. The number of nitrogens with zero attached hydrogens (tertiary/aromatic N) is 1. The molecule has 2 N–H and O–H groups in total. The lowest BCUT2D eigenvalue weighted by molar-refractivity contribution is 1.29. The van der Waals surface area contributed by atoms with E-state index in [-0.39, 0.29) is 0 Å². The van der Waals surface area contributed by atoms with Gasteiger partial charge < -0.3 is 5.73 Å². The molecule has 0 aliphatic rings. The van der Waals surface area contributed by atoms with Crippen LogP contribution < -0.4 is 5.73 Å². The van der Waals surface area contributed by atoms with E-state index in [4.69, 9.17) is 5.73 Å². The van der Waals surface area contributed by atoms with Gasteiger partial charge >= 0.3 is 0 Å². The van der Waals surface area contributed by atoms with E-state index in [1.807, 2.05) is 26.0 Å². The number of nitrogens with two attached hydrogens (primary N) is 1. The van der Waals surface area contributed by atoms with Crippen molar-refractivity contribution in [1.82, 2.24) is 0 Å². The Kier molecular flexibility index (Phi) is 6.16. The Morgan fingerprint density at radius 2 is 1.75 bits per heavy atom. The van der Waals surface area contributed by atoms with Crippen LogP contribution in [0.15, 0.2) is 52.2 Å².